The third-order valence-corrected chi connectivity index (χ3v) is 4.87. The maximum absolute atomic E-state index is 14.0. The van der Waals surface area contributed by atoms with Crippen molar-refractivity contribution < 1.29 is 4.39 Å². The zero-order chi connectivity index (χ0) is 19.4. The molecule has 1 aliphatic rings. The van der Waals surface area contributed by atoms with E-state index in [1.54, 1.807) is 13.1 Å². The van der Waals surface area contributed by atoms with Gasteiger partial charge in [-0.25, -0.2) is 9.37 Å². The maximum atomic E-state index is 14.0. The van der Waals surface area contributed by atoms with Crippen LogP contribution >= 0.6 is 24.0 Å². The zero-order valence-corrected chi connectivity index (χ0v) is 19.2. The van der Waals surface area contributed by atoms with Crippen LogP contribution in [0, 0.1) is 5.82 Å². The van der Waals surface area contributed by atoms with E-state index >= 15 is 0 Å². The number of hydrogen-bond acceptors (Lipinski definition) is 4. The van der Waals surface area contributed by atoms with Gasteiger partial charge in [-0.2, -0.15) is 0 Å². The molecule has 154 valence electrons. The number of piperazine rings is 1. The van der Waals surface area contributed by atoms with Crippen molar-refractivity contribution >= 4 is 41.6 Å². The first-order chi connectivity index (χ1) is 13.0. The average Bonchev–Trinajstić information content (AvgIpc) is 3.04. The fourth-order valence-corrected chi connectivity index (χ4v) is 3.38. The topological polar surface area (TPSA) is 51.9 Å². The monoisotopic (exact) mass is 501 g/mol. The molecule has 0 atom stereocenters. The lowest BCUT2D eigenvalue weighted by atomic mass is 10.2. The van der Waals surface area contributed by atoms with Crippen LogP contribution in [0.4, 0.5) is 16.0 Å². The van der Waals surface area contributed by atoms with Gasteiger partial charge in [-0.15, -0.1) is 24.0 Å². The highest BCUT2D eigenvalue weighted by Crippen LogP contribution is 2.20. The third kappa shape index (κ3) is 4.86. The zero-order valence-electron chi connectivity index (χ0n) is 16.9. The number of anilines is 2. The molecule has 2 heterocycles. The van der Waals surface area contributed by atoms with Crippen molar-refractivity contribution in [1.82, 2.24) is 19.8 Å². The van der Waals surface area contributed by atoms with E-state index in [9.17, 15) is 4.39 Å². The van der Waals surface area contributed by atoms with Gasteiger partial charge in [0.15, 0.2) is 5.96 Å². The van der Waals surface area contributed by atoms with Gasteiger partial charge >= 0.3 is 0 Å². The number of para-hydroxylation sites is 1. The van der Waals surface area contributed by atoms with E-state index in [4.69, 9.17) is 0 Å². The number of hydrogen-bond donors (Lipinski definition) is 1. The number of aliphatic imine (C=N–C) groups is 1. The molecule has 0 aliphatic carbocycles. The molecule has 0 saturated carbocycles. The van der Waals surface area contributed by atoms with E-state index in [0.717, 1.165) is 43.8 Å². The van der Waals surface area contributed by atoms with E-state index in [2.05, 4.69) is 29.7 Å². The van der Waals surface area contributed by atoms with Crippen molar-refractivity contribution in [3.05, 3.63) is 42.0 Å². The van der Waals surface area contributed by atoms with Crippen molar-refractivity contribution in [2.24, 2.45) is 12.0 Å². The molecular weight excluding hydrogens is 472 g/mol. The number of benzene rings is 1. The Balaban J connectivity index is 0.00000280. The highest BCUT2D eigenvalue weighted by molar-refractivity contribution is 14.0. The fourth-order valence-electron chi connectivity index (χ4n) is 3.38. The summed E-state index contributed by atoms with van der Waals surface area (Å²) in [4.78, 5) is 15.1. The molecule has 2 aromatic rings. The van der Waals surface area contributed by atoms with Gasteiger partial charge in [0.05, 0.1) is 24.1 Å². The first-order valence-corrected chi connectivity index (χ1v) is 9.14. The molecule has 0 radical (unpaired) electrons. The lowest BCUT2D eigenvalue weighted by Gasteiger charge is -2.37. The molecule has 0 spiro atoms. The summed E-state index contributed by atoms with van der Waals surface area (Å²) in [5, 5.41) is 3.42. The van der Waals surface area contributed by atoms with Crippen LogP contribution < -0.4 is 15.1 Å². The third-order valence-electron chi connectivity index (χ3n) is 4.87. The van der Waals surface area contributed by atoms with Crippen LogP contribution in [0.15, 0.2) is 35.5 Å². The minimum atomic E-state index is -0.165. The molecule has 0 unspecified atom stereocenters. The minimum Gasteiger partial charge on any atom is -0.366 e. The Morgan fingerprint density at radius 2 is 1.89 bits per heavy atom. The van der Waals surface area contributed by atoms with Gasteiger partial charge in [0.2, 0.25) is 5.95 Å². The molecule has 1 fully saturated rings. The molecule has 0 amide bonds. The number of rotatable bonds is 4. The van der Waals surface area contributed by atoms with E-state index in [1.807, 2.05) is 44.4 Å². The van der Waals surface area contributed by atoms with E-state index in [-0.39, 0.29) is 29.8 Å². The van der Waals surface area contributed by atoms with Gasteiger partial charge in [0.25, 0.3) is 0 Å². The number of aromatic nitrogens is 2. The smallest absolute Gasteiger partial charge is 0.204 e. The summed E-state index contributed by atoms with van der Waals surface area (Å²) in [7, 11) is 7.76. The highest BCUT2D eigenvalue weighted by atomic mass is 127. The van der Waals surface area contributed by atoms with Gasteiger partial charge in [-0.1, -0.05) is 12.1 Å². The standard InChI is InChI=1S/C19H28FN7.HI/c1-21-18(22-13-15-14-23-19(24(2)3)25(15)4)27-11-9-26(10-12-27)17-8-6-5-7-16(17)20;/h5-8,14H,9-13H2,1-4H3,(H,21,22);1H. The fraction of sp³-hybridized carbons (Fsp3) is 0.474. The number of nitrogens with zero attached hydrogens (tertiary/aromatic N) is 6. The molecule has 3 rings (SSSR count). The van der Waals surface area contributed by atoms with Crippen LogP contribution in [0.5, 0.6) is 0 Å². The Labute approximate surface area is 183 Å². The second-order valence-corrected chi connectivity index (χ2v) is 6.83. The molecule has 1 aliphatic heterocycles. The molecule has 7 nitrogen and oxygen atoms in total. The van der Waals surface area contributed by atoms with Crippen molar-refractivity contribution in [3.63, 3.8) is 0 Å². The first kappa shape index (κ1) is 22.3. The van der Waals surface area contributed by atoms with Crippen molar-refractivity contribution in [2.45, 2.75) is 6.54 Å². The van der Waals surface area contributed by atoms with Crippen LogP contribution in [-0.4, -0.2) is 67.7 Å². The van der Waals surface area contributed by atoms with Crippen LogP contribution in [0.2, 0.25) is 0 Å². The second kappa shape index (κ2) is 9.94. The molecule has 28 heavy (non-hydrogen) atoms. The molecule has 1 saturated heterocycles. The summed E-state index contributed by atoms with van der Waals surface area (Å²) >= 11 is 0. The quantitative estimate of drug-likeness (QED) is 0.396. The number of guanidine groups is 1. The molecular formula is C19H29FIN7. The number of halogens is 2. The van der Waals surface area contributed by atoms with Gasteiger partial charge < -0.3 is 24.6 Å². The number of imidazole rings is 1. The van der Waals surface area contributed by atoms with Crippen LogP contribution in [0.3, 0.4) is 0 Å². The molecule has 9 heteroatoms. The summed E-state index contributed by atoms with van der Waals surface area (Å²) in [5.74, 6) is 1.61. The van der Waals surface area contributed by atoms with E-state index < -0.39 is 0 Å². The molecule has 0 bridgehead atoms. The van der Waals surface area contributed by atoms with Gasteiger partial charge in [0.1, 0.15) is 5.82 Å². The summed E-state index contributed by atoms with van der Waals surface area (Å²) in [6.45, 7) is 3.76. The summed E-state index contributed by atoms with van der Waals surface area (Å²) < 4.78 is 16.1. The summed E-state index contributed by atoms with van der Waals surface area (Å²) in [6.07, 6.45) is 1.88. The SMILES string of the molecule is CN=C(NCc1cnc(N(C)C)n1C)N1CCN(c2ccccc2F)CC1.I. The first-order valence-electron chi connectivity index (χ1n) is 9.14. The highest BCUT2D eigenvalue weighted by Gasteiger charge is 2.21. The number of nitrogens with one attached hydrogen (secondary N) is 1. The Morgan fingerprint density at radius 1 is 1.21 bits per heavy atom. The van der Waals surface area contributed by atoms with Crippen LogP contribution in [-0.2, 0) is 13.6 Å². The Morgan fingerprint density at radius 3 is 2.46 bits per heavy atom. The molecule has 1 aromatic heterocycles. The Hall–Kier alpha value is -2.04. The maximum Gasteiger partial charge on any atom is 0.204 e. The lowest BCUT2D eigenvalue weighted by molar-refractivity contribution is 0.370. The predicted molar refractivity (Wildman–Crippen MR) is 123 cm³/mol. The Bertz CT molecular complexity index is 797. The van der Waals surface area contributed by atoms with E-state index in [1.165, 1.54) is 6.07 Å². The normalized spacial score (nSPS) is 14.7. The average molecular weight is 501 g/mol. The van der Waals surface area contributed by atoms with Crippen molar-refractivity contribution in [3.8, 4) is 0 Å². The Kier molecular flexibility index (Phi) is 7.90. The summed E-state index contributed by atoms with van der Waals surface area (Å²) in [5.41, 5.74) is 1.76. The molecule has 1 aromatic carbocycles. The van der Waals surface area contributed by atoms with E-state index in [0.29, 0.717) is 12.2 Å². The van der Waals surface area contributed by atoms with Crippen LogP contribution in [0.25, 0.3) is 0 Å². The van der Waals surface area contributed by atoms with Gasteiger partial charge in [-0.3, -0.25) is 4.99 Å². The minimum absolute atomic E-state index is 0. The molecule has 1 N–H and O–H groups in total. The van der Waals surface area contributed by atoms with Crippen LogP contribution in [0.1, 0.15) is 5.69 Å². The predicted octanol–water partition coefficient (Wildman–Crippen LogP) is 2.14. The van der Waals surface area contributed by atoms with Gasteiger partial charge in [0, 0.05) is 54.4 Å². The van der Waals surface area contributed by atoms with Crippen molar-refractivity contribution in [1.29, 1.82) is 0 Å². The second-order valence-electron chi connectivity index (χ2n) is 6.83. The lowest BCUT2D eigenvalue weighted by Crippen LogP contribution is -2.52. The van der Waals surface area contributed by atoms with Gasteiger partial charge in [-0.05, 0) is 12.1 Å². The largest absolute Gasteiger partial charge is 0.366 e. The summed E-state index contributed by atoms with van der Waals surface area (Å²) in [6, 6.07) is 6.95. The van der Waals surface area contributed by atoms with Crippen molar-refractivity contribution in [2.75, 3.05) is 57.1 Å².